The molecule has 2 rings (SSSR count). The third-order valence-corrected chi connectivity index (χ3v) is 3.81. The molecule has 0 spiro atoms. The average Bonchev–Trinajstić information content (AvgIpc) is 2.46. The summed E-state index contributed by atoms with van der Waals surface area (Å²) in [5.41, 5.74) is 8.24. The highest BCUT2D eigenvalue weighted by Gasteiger charge is 2.21. The number of hydrogen-bond donors (Lipinski definition) is 1. The second kappa shape index (κ2) is 6.96. The van der Waals surface area contributed by atoms with E-state index in [1.165, 1.54) is 11.3 Å². The Labute approximate surface area is 115 Å². The summed E-state index contributed by atoms with van der Waals surface area (Å²) in [5, 5.41) is 0. The van der Waals surface area contributed by atoms with Crippen LogP contribution in [-0.2, 0) is 17.6 Å². The van der Waals surface area contributed by atoms with E-state index in [2.05, 4.69) is 11.9 Å². The van der Waals surface area contributed by atoms with Gasteiger partial charge in [-0.1, -0.05) is 13.3 Å². The maximum absolute atomic E-state index is 5.76. The van der Waals surface area contributed by atoms with Gasteiger partial charge < -0.3 is 10.5 Å². The predicted molar refractivity (Wildman–Crippen MR) is 75.9 cm³/mol. The van der Waals surface area contributed by atoms with Crippen molar-refractivity contribution in [1.82, 2.24) is 9.97 Å². The molecule has 0 radical (unpaired) electrons. The van der Waals surface area contributed by atoms with Crippen LogP contribution >= 0.6 is 0 Å². The van der Waals surface area contributed by atoms with Gasteiger partial charge in [0.25, 0.3) is 0 Å². The molecule has 1 aromatic heterocycles. The van der Waals surface area contributed by atoms with Gasteiger partial charge in [-0.25, -0.2) is 9.97 Å². The fourth-order valence-corrected chi connectivity index (χ4v) is 2.71. The van der Waals surface area contributed by atoms with Crippen LogP contribution in [0.4, 0.5) is 0 Å². The Morgan fingerprint density at radius 1 is 1.47 bits per heavy atom. The zero-order valence-electron chi connectivity index (χ0n) is 12.1. The first-order valence-electron chi connectivity index (χ1n) is 7.44. The molecule has 2 atom stereocenters. The Bertz CT molecular complexity index is 402. The van der Waals surface area contributed by atoms with Crippen molar-refractivity contribution >= 4 is 0 Å². The first-order chi connectivity index (χ1) is 9.28. The van der Waals surface area contributed by atoms with Crippen LogP contribution in [0.1, 0.15) is 56.3 Å². The lowest BCUT2D eigenvalue weighted by atomic mass is 9.87. The molecule has 0 bridgehead atoms. The normalized spacial score (nSPS) is 20.1. The molecule has 1 aliphatic carbocycles. The van der Waals surface area contributed by atoms with Crippen LogP contribution in [-0.4, -0.2) is 23.1 Å². The number of ether oxygens (including phenoxy) is 1. The zero-order chi connectivity index (χ0) is 13.7. The number of fused-ring (bicyclic) bond motifs is 1. The van der Waals surface area contributed by atoms with Crippen LogP contribution < -0.4 is 5.73 Å². The van der Waals surface area contributed by atoms with Crippen molar-refractivity contribution in [1.29, 1.82) is 0 Å². The molecule has 1 heterocycles. The first-order valence-corrected chi connectivity index (χ1v) is 7.44. The van der Waals surface area contributed by atoms with E-state index in [1.807, 2.05) is 13.1 Å². The van der Waals surface area contributed by atoms with E-state index in [1.54, 1.807) is 0 Å². The molecule has 2 N–H and O–H groups in total. The second-order valence-corrected chi connectivity index (χ2v) is 5.28. The lowest BCUT2D eigenvalue weighted by molar-refractivity contribution is 0.0491. The largest absolute Gasteiger partial charge is 0.371 e. The first kappa shape index (κ1) is 14.4. The minimum absolute atomic E-state index is 0.0486. The van der Waals surface area contributed by atoms with Crippen LogP contribution in [0.5, 0.6) is 0 Å². The Hall–Kier alpha value is -1.00. The number of aromatic nitrogens is 2. The van der Waals surface area contributed by atoms with Crippen LogP contribution in [0.15, 0.2) is 6.20 Å². The summed E-state index contributed by atoms with van der Waals surface area (Å²) in [5.74, 6) is 1.45. The molecule has 4 nitrogen and oxygen atoms in total. The van der Waals surface area contributed by atoms with Gasteiger partial charge in [-0.2, -0.15) is 0 Å². The molecule has 4 heteroatoms. The lowest BCUT2D eigenvalue weighted by Gasteiger charge is -2.23. The number of rotatable bonds is 6. The van der Waals surface area contributed by atoms with E-state index < -0.39 is 0 Å². The summed E-state index contributed by atoms with van der Waals surface area (Å²) in [6.07, 6.45) is 7.30. The van der Waals surface area contributed by atoms with Gasteiger partial charge >= 0.3 is 0 Å². The fraction of sp³-hybridized carbons (Fsp3) is 0.733. The van der Waals surface area contributed by atoms with Gasteiger partial charge in [0, 0.05) is 18.5 Å². The fourth-order valence-electron chi connectivity index (χ4n) is 2.71. The van der Waals surface area contributed by atoms with Crippen LogP contribution in [0.3, 0.4) is 0 Å². The molecule has 0 aliphatic heterocycles. The molecule has 0 amide bonds. The summed E-state index contributed by atoms with van der Waals surface area (Å²) in [6, 6.07) is 0. The van der Waals surface area contributed by atoms with E-state index in [-0.39, 0.29) is 6.10 Å². The van der Waals surface area contributed by atoms with Gasteiger partial charge in [-0.15, -0.1) is 0 Å². The van der Waals surface area contributed by atoms with Crippen LogP contribution in [0.25, 0.3) is 0 Å². The summed E-state index contributed by atoms with van der Waals surface area (Å²) >= 11 is 0. The van der Waals surface area contributed by atoms with E-state index in [9.17, 15) is 0 Å². The van der Waals surface area contributed by atoms with Crippen molar-refractivity contribution in [2.24, 2.45) is 11.7 Å². The molecule has 2 unspecified atom stereocenters. The third kappa shape index (κ3) is 3.51. The smallest absolute Gasteiger partial charge is 0.157 e. The zero-order valence-corrected chi connectivity index (χ0v) is 12.1. The monoisotopic (exact) mass is 263 g/mol. The second-order valence-electron chi connectivity index (χ2n) is 5.28. The number of hydrogen-bond acceptors (Lipinski definition) is 4. The molecule has 0 saturated heterocycles. The molecular weight excluding hydrogens is 238 g/mol. The molecule has 106 valence electrons. The van der Waals surface area contributed by atoms with Crippen molar-refractivity contribution in [2.75, 3.05) is 13.2 Å². The van der Waals surface area contributed by atoms with Gasteiger partial charge in [0.2, 0.25) is 0 Å². The van der Waals surface area contributed by atoms with Crippen molar-refractivity contribution in [2.45, 2.75) is 52.1 Å². The summed E-state index contributed by atoms with van der Waals surface area (Å²) in [6.45, 7) is 5.65. The Morgan fingerprint density at radius 3 is 3.00 bits per heavy atom. The maximum atomic E-state index is 5.76. The molecule has 19 heavy (non-hydrogen) atoms. The van der Waals surface area contributed by atoms with E-state index >= 15 is 0 Å². The Kier molecular flexibility index (Phi) is 5.28. The van der Waals surface area contributed by atoms with Crippen molar-refractivity contribution in [3.63, 3.8) is 0 Å². The van der Waals surface area contributed by atoms with Gasteiger partial charge in [0.05, 0.1) is 0 Å². The van der Waals surface area contributed by atoms with Crippen LogP contribution in [0.2, 0.25) is 0 Å². The molecule has 0 aromatic carbocycles. The number of nitrogens with zero attached hydrogens (tertiary/aromatic N) is 2. The minimum atomic E-state index is 0.0486. The summed E-state index contributed by atoms with van der Waals surface area (Å²) in [4.78, 5) is 9.26. The molecule has 1 aromatic rings. The topological polar surface area (TPSA) is 61.0 Å². The van der Waals surface area contributed by atoms with Crippen molar-refractivity contribution < 1.29 is 4.74 Å². The van der Waals surface area contributed by atoms with E-state index in [0.29, 0.717) is 12.5 Å². The van der Waals surface area contributed by atoms with Gasteiger partial charge in [0.15, 0.2) is 5.82 Å². The van der Waals surface area contributed by atoms with Crippen LogP contribution in [0, 0.1) is 5.92 Å². The number of nitrogens with two attached hydrogens (primary N) is 1. The van der Waals surface area contributed by atoms with Crippen molar-refractivity contribution in [3.8, 4) is 0 Å². The highest BCUT2D eigenvalue weighted by atomic mass is 16.5. The van der Waals surface area contributed by atoms with Gasteiger partial charge in [0.1, 0.15) is 6.10 Å². The van der Waals surface area contributed by atoms with Crippen molar-refractivity contribution in [3.05, 3.63) is 23.3 Å². The number of aryl methyl sites for hydroxylation is 1. The highest BCUT2D eigenvalue weighted by molar-refractivity contribution is 5.22. The predicted octanol–water partition coefficient (Wildman–Crippen LogP) is 2.42. The van der Waals surface area contributed by atoms with Gasteiger partial charge in [-0.05, 0) is 50.6 Å². The average molecular weight is 263 g/mol. The van der Waals surface area contributed by atoms with E-state index in [0.717, 1.165) is 44.5 Å². The highest BCUT2D eigenvalue weighted by Crippen LogP contribution is 2.26. The minimum Gasteiger partial charge on any atom is -0.371 e. The Balaban J connectivity index is 2.16. The standard InChI is InChI=1S/C15H25N3O/c1-3-5-14(19-4-2)15-17-10-12-8-11(9-16)6-7-13(12)18-15/h10-11,14H,3-9,16H2,1-2H3. The summed E-state index contributed by atoms with van der Waals surface area (Å²) in [7, 11) is 0. The SMILES string of the molecule is CCCC(OCC)c1ncc2c(n1)CCC(CN)C2. The van der Waals surface area contributed by atoms with Gasteiger partial charge in [-0.3, -0.25) is 0 Å². The molecular formula is C15H25N3O. The molecule has 0 fully saturated rings. The quantitative estimate of drug-likeness (QED) is 0.856. The van der Waals surface area contributed by atoms with E-state index in [4.69, 9.17) is 15.5 Å². The lowest BCUT2D eigenvalue weighted by Crippen LogP contribution is -2.24. The summed E-state index contributed by atoms with van der Waals surface area (Å²) < 4.78 is 5.76. The molecule has 1 aliphatic rings. The maximum Gasteiger partial charge on any atom is 0.157 e. The molecule has 0 saturated carbocycles. The third-order valence-electron chi connectivity index (χ3n) is 3.81. The Morgan fingerprint density at radius 2 is 2.32 bits per heavy atom.